The molecule has 7 heteroatoms. The SMILES string of the molecule is CCNC(=NCCCn1cccn1)NCCN1CCCCCC1.I. The van der Waals surface area contributed by atoms with Crippen LogP contribution in [0.5, 0.6) is 0 Å². The molecule has 1 saturated heterocycles. The Balaban J connectivity index is 0.00000288. The van der Waals surface area contributed by atoms with Crippen LogP contribution in [-0.2, 0) is 6.54 Å². The first-order valence-electron chi connectivity index (χ1n) is 9.10. The highest BCUT2D eigenvalue weighted by molar-refractivity contribution is 14.0. The standard InChI is InChI=1S/C17H32N6.HI/c1-2-18-17(19-9-7-14-23-15-8-10-21-23)20-11-16-22-12-5-3-4-6-13-22;/h8,10,15H,2-7,9,11-14,16H2,1H3,(H2,18,19,20);1H. The monoisotopic (exact) mass is 448 g/mol. The maximum atomic E-state index is 4.65. The third-order valence-electron chi connectivity index (χ3n) is 4.14. The van der Waals surface area contributed by atoms with Gasteiger partial charge in [-0.3, -0.25) is 9.67 Å². The molecule has 0 aliphatic carbocycles. The largest absolute Gasteiger partial charge is 0.357 e. The number of aliphatic imine (C=N–C) groups is 1. The maximum absolute atomic E-state index is 4.65. The van der Waals surface area contributed by atoms with Crippen molar-refractivity contribution >= 4 is 29.9 Å². The van der Waals surface area contributed by atoms with E-state index in [-0.39, 0.29) is 24.0 Å². The molecule has 138 valence electrons. The lowest BCUT2D eigenvalue weighted by Gasteiger charge is -2.20. The molecule has 0 aromatic carbocycles. The van der Waals surface area contributed by atoms with Crippen LogP contribution in [0.4, 0.5) is 0 Å². The highest BCUT2D eigenvalue weighted by atomic mass is 127. The fourth-order valence-corrected chi connectivity index (χ4v) is 2.89. The van der Waals surface area contributed by atoms with Crippen molar-refractivity contribution in [2.24, 2.45) is 4.99 Å². The molecule has 0 amide bonds. The minimum absolute atomic E-state index is 0. The quantitative estimate of drug-likeness (QED) is 0.278. The van der Waals surface area contributed by atoms with E-state index in [1.165, 1.54) is 38.8 Å². The van der Waals surface area contributed by atoms with Gasteiger partial charge in [-0.05, 0) is 45.3 Å². The van der Waals surface area contributed by atoms with Crippen molar-refractivity contribution in [2.45, 2.75) is 45.6 Å². The molecule has 0 radical (unpaired) electrons. The number of aryl methyl sites for hydroxylation is 1. The molecule has 1 aliphatic heterocycles. The highest BCUT2D eigenvalue weighted by Crippen LogP contribution is 2.08. The van der Waals surface area contributed by atoms with Gasteiger partial charge in [0, 0.05) is 45.1 Å². The molecule has 2 N–H and O–H groups in total. The first-order chi connectivity index (χ1) is 11.4. The summed E-state index contributed by atoms with van der Waals surface area (Å²) in [4.78, 5) is 7.22. The van der Waals surface area contributed by atoms with Gasteiger partial charge in [-0.1, -0.05) is 12.8 Å². The van der Waals surface area contributed by atoms with Gasteiger partial charge < -0.3 is 15.5 Å². The van der Waals surface area contributed by atoms with Gasteiger partial charge in [0.05, 0.1) is 0 Å². The van der Waals surface area contributed by atoms with Crippen molar-refractivity contribution < 1.29 is 0 Å². The van der Waals surface area contributed by atoms with Crippen molar-refractivity contribution in [2.75, 3.05) is 39.3 Å². The Kier molecular flexibility index (Phi) is 11.9. The number of guanidine groups is 1. The van der Waals surface area contributed by atoms with Gasteiger partial charge in [-0.15, -0.1) is 24.0 Å². The van der Waals surface area contributed by atoms with Crippen LogP contribution in [0.15, 0.2) is 23.5 Å². The third kappa shape index (κ3) is 8.86. The van der Waals surface area contributed by atoms with Crippen molar-refractivity contribution in [3.05, 3.63) is 18.5 Å². The molecule has 0 saturated carbocycles. The van der Waals surface area contributed by atoms with E-state index in [1.54, 1.807) is 0 Å². The normalized spacial score (nSPS) is 16.3. The van der Waals surface area contributed by atoms with E-state index in [1.807, 2.05) is 23.1 Å². The lowest BCUT2D eigenvalue weighted by molar-refractivity contribution is 0.289. The summed E-state index contributed by atoms with van der Waals surface area (Å²) in [6.07, 6.45) is 10.3. The smallest absolute Gasteiger partial charge is 0.191 e. The van der Waals surface area contributed by atoms with Crippen LogP contribution in [0, 0.1) is 0 Å². The lowest BCUT2D eigenvalue weighted by Crippen LogP contribution is -2.42. The van der Waals surface area contributed by atoms with E-state index in [0.717, 1.165) is 45.1 Å². The second-order valence-electron chi connectivity index (χ2n) is 6.07. The molecule has 0 bridgehead atoms. The van der Waals surface area contributed by atoms with Gasteiger partial charge >= 0.3 is 0 Å². The van der Waals surface area contributed by atoms with Gasteiger partial charge in [0.25, 0.3) is 0 Å². The molecule has 2 rings (SSSR count). The van der Waals surface area contributed by atoms with Crippen molar-refractivity contribution in [1.29, 1.82) is 0 Å². The fourth-order valence-electron chi connectivity index (χ4n) is 2.89. The van der Waals surface area contributed by atoms with E-state index in [0.29, 0.717) is 0 Å². The summed E-state index contributed by atoms with van der Waals surface area (Å²) in [6, 6.07) is 1.96. The number of aromatic nitrogens is 2. The van der Waals surface area contributed by atoms with Crippen molar-refractivity contribution in [3.8, 4) is 0 Å². The van der Waals surface area contributed by atoms with E-state index in [4.69, 9.17) is 0 Å². The number of halogens is 1. The van der Waals surface area contributed by atoms with E-state index >= 15 is 0 Å². The first kappa shape index (κ1) is 21.2. The zero-order chi connectivity index (χ0) is 16.2. The number of likely N-dealkylation sites (tertiary alicyclic amines) is 1. The lowest BCUT2D eigenvalue weighted by atomic mass is 10.2. The summed E-state index contributed by atoms with van der Waals surface area (Å²) < 4.78 is 1.95. The van der Waals surface area contributed by atoms with Crippen LogP contribution in [-0.4, -0.2) is 59.9 Å². The van der Waals surface area contributed by atoms with Crippen LogP contribution < -0.4 is 10.6 Å². The van der Waals surface area contributed by atoms with E-state index in [9.17, 15) is 0 Å². The molecule has 1 aliphatic rings. The van der Waals surface area contributed by atoms with Crippen LogP contribution in [0.25, 0.3) is 0 Å². The highest BCUT2D eigenvalue weighted by Gasteiger charge is 2.08. The van der Waals surface area contributed by atoms with Crippen LogP contribution in [0.1, 0.15) is 39.0 Å². The Bertz CT molecular complexity index is 426. The molecular formula is C17H33IN6. The van der Waals surface area contributed by atoms with E-state index in [2.05, 4.69) is 32.5 Å². The maximum Gasteiger partial charge on any atom is 0.191 e. The molecular weight excluding hydrogens is 415 g/mol. The number of hydrogen-bond acceptors (Lipinski definition) is 3. The summed E-state index contributed by atoms with van der Waals surface area (Å²) in [6.45, 7) is 9.31. The van der Waals surface area contributed by atoms with E-state index < -0.39 is 0 Å². The predicted octanol–water partition coefficient (Wildman–Crippen LogP) is 2.32. The molecule has 0 unspecified atom stereocenters. The number of nitrogens with one attached hydrogen (secondary N) is 2. The van der Waals surface area contributed by atoms with Crippen LogP contribution in [0.3, 0.4) is 0 Å². The minimum atomic E-state index is 0. The van der Waals surface area contributed by atoms with Gasteiger partial charge in [0.1, 0.15) is 0 Å². The predicted molar refractivity (Wildman–Crippen MR) is 111 cm³/mol. The average Bonchev–Trinajstić information content (AvgIpc) is 2.94. The molecule has 2 heterocycles. The molecule has 1 aromatic rings. The van der Waals surface area contributed by atoms with Gasteiger partial charge in [-0.2, -0.15) is 5.10 Å². The van der Waals surface area contributed by atoms with Gasteiger partial charge in [0.2, 0.25) is 0 Å². The number of nitrogens with zero attached hydrogens (tertiary/aromatic N) is 4. The third-order valence-corrected chi connectivity index (χ3v) is 4.14. The summed E-state index contributed by atoms with van der Waals surface area (Å²) in [5.74, 6) is 0.933. The molecule has 24 heavy (non-hydrogen) atoms. The second-order valence-corrected chi connectivity index (χ2v) is 6.07. The summed E-state index contributed by atoms with van der Waals surface area (Å²) >= 11 is 0. The molecule has 0 atom stereocenters. The molecule has 6 nitrogen and oxygen atoms in total. The molecule has 0 spiro atoms. The summed E-state index contributed by atoms with van der Waals surface area (Å²) in [7, 11) is 0. The summed E-state index contributed by atoms with van der Waals surface area (Å²) in [5.41, 5.74) is 0. The van der Waals surface area contributed by atoms with Gasteiger partial charge in [-0.25, -0.2) is 0 Å². The van der Waals surface area contributed by atoms with Crippen molar-refractivity contribution in [3.63, 3.8) is 0 Å². The Labute approximate surface area is 163 Å². The van der Waals surface area contributed by atoms with Crippen molar-refractivity contribution in [1.82, 2.24) is 25.3 Å². The Hall–Kier alpha value is -0.830. The zero-order valence-corrected chi connectivity index (χ0v) is 17.2. The first-order valence-corrected chi connectivity index (χ1v) is 9.10. The minimum Gasteiger partial charge on any atom is -0.357 e. The Morgan fingerprint density at radius 2 is 1.92 bits per heavy atom. The number of hydrogen-bond donors (Lipinski definition) is 2. The second kappa shape index (κ2) is 13.5. The molecule has 1 fully saturated rings. The topological polar surface area (TPSA) is 57.5 Å². The zero-order valence-electron chi connectivity index (χ0n) is 14.9. The van der Waals surface area contributed by atoms with Crippen LogP contribution >= 0.6 is 24.0 Å². The Morgan fingerprint density at radius 1 is 1.12 bits per heavy atom. The fraction of sp³-hybridized carbons (Fsp3) is 0.765. The Morgan fingerprint density at radius 3 is 2.58 bits per heavy atom. The van der Waals surface area contributed by atoms with Gasteiger partial charge in [0.15, 0.2) is 5.96 Å². The molecule has 1 aromatic heterocycles. The van der Waals surface area contributed by atoms with Crippen LogP contribution in [0.2, 0.25) is 0 Å². The average molecular weight is 448 g/mol. The number of rotatable bonds is 8. The summed E-state index contributed by atoms with van der Waals surface area (Å²) in [5, 5.41) is 11.0.